The molecule has 1 fully saturated rings. The molecule has 6 nitrogen and oxygen atoms in total. The van der Waals surface area contributed by atoms with E-state index in [2.05, 4.69) is 41.5 Å². The lowest BCUT2D eigenvalue weighted by Crippen LogP contribution is -2.29. The van der Waals surface area contributed by atoms with Gasteiger partial charge in [-0.3, -0.25) is 9.59 Å². The van der Waals surface area contributed by atoms with Crippen molar-refractivity contribution in [3.8, 4) is 11.5 Å². The quantitative estimate of drug-likeness (QED) is 0.208. The molecule has 1 amide bonds. The molecule has 3 aromatic carbocycles. The molecule has 0 saturated carbocycles. The van der Waals surface area contributed by atoms with Crippen molar-refractivity contribution < 1.29 is 24.2 Å². The number of ether oxygens (including phenoxy) is 2. The molecule has 40 heavy (non-hydrogen) atoms. The summed E-state index contributed by atoms with van der Waals surface area (Å²) in [7, 11) is 3.19. The first-order valence-electron chi connectivity index (χ1n) is 13.5. The molecule has 0 spiro atoms. The lowest BCUT2D eigenvalue weighted by molar-refractivity contribution is -0.140. The van der Waals surface area contributed by atoms with E-state index >= 15 is 0 Å². The standard InChI is InChI=1S/C34H39NO5/c1-33(2,3)24-15-12-22(13-16-24)29-28(30(36)23-14-17-27(40-8)26(19-23)34(4,5)6)31(37)32(38)35(29)20-21-10-9-11-25(18-21)39-7/h9-19,29,36H,20H2,1-8H3/b30-28-. The van der Waals surface area contributed by atoms with Crippen LogP contribution in [0.1, 0.15) is 75.4 Å². The zero-order valence-electron chi connectivity index (χ0n) is 24.7. The summed E-state index contributed by atoms with van der Waals surface area (Å²) >= 11 is 0. The maximum atomic E-state index is 13.6. The first kappa shape index (κ1) is 28.9. The van der Waals surface area contributed by atoms with E-state index in [1.807, 2.05) is 54.6 Å². The molecule has 0 bridgehead atoms. The first-order chi connectivity index (χ1) is 18.8. The van der Waals surface area contributed by atoms with Gasteiger partial charge in [-0.05, 0) is 57.9 Å². The molecule has 1 aliphatic heterocycles. The number of benzene rings is 3. The number of aliphatic hydroxyl groups excluding tert-OH is 1. The van der Waals surface area contributed by atoms with Crippen molar-refractivity contribution >= 4 is 17.4 Å². The number of likely N-dealkylation sites (tertiary alicyclic amines) is 1. The Morgan fingerprint density at radius 3 is 2.10 bits per heavy atom. The predicted molar refractivity (Wildman–Crippen MR) is 158 cm³/mol. The first-order valence-corrected chi connectivity index (χ1v) is 13.5. The Kier molecular flexibility index (Phi) is 7.84. The fraction of sp³-hybridized carbons (Fsp3) is 0.353. The van der Waals surface area contributed by atoms with Crippen LogP contribution in [0.25, 0.3) is 5.76 Å². The van der Waals surface area contributed by atoms with Crippen molar-refractivity contribution in [3.05, 3.63) is 100 Å². The zero-order valence-corrected chi connectivity index (χ0v) is 24.7. The Bertz CT molecular complexity index is 1450. The van der Waals surface area contributed by atoms with E-state index in [0.717, 1.165) is 22.3 Å². The molecule has 1 atom stereocenters. The van der Waals surface area contributed by atoms with Gasteiger partial charge >= 0.3 is 0 Å². The largest absolute Gasteiger partial charge is 0.507 e. The van der Waals surface area contributed by atoms with E-state index in [4.69, 9.17) is 9.47 Å². The van der Waals surface area contributed by atoms with Crippen LogP contribution in [-0.2, 0) is 27.0 Å². The number of carbonyl (C=O) groups excluding carboxylic acids is 2. The lowest BCUT2D eigenvalue weighted by Gasteiger charge is -2.27. The zero-order chi connectivity index (χ0) is 29.4. The molecule has 1 N–H and O–H groups in total. The van der Waals surface area contributed by atoms with Crippen molar-refractivity contribution in [2.24, 2.45) is 0 Å². The number of nitrogens with zero attached hydrogens (tertiary/aromatic N) is 1. The van der Waals surface area contributed by atoms with Crippen molar-refractivity contribution in [2.75, 3.05) is 14.2 Å². The van der Waals surface area contributed by atoms with Crippen LogP contribution in [0.3, 0.4) is 0 Å². The molecule has 6 heteroatoms. The summed E-state index contributed by atoms with van der Waals surface area (Å²) in [5, 5.41) is 11.7. The number of ketones is 1. The normalized spacial score (nSPS) is 17.3. The fourth-order valence-corrected chi connectivity index (χ4v) is 5.12. The molecule has 0 radical (unpaired) electrons. The van der Waals surface area contributed by atoms with Crippen molar-refractivity contribution in [1.29, 1.82) is 0 Å². The number of amides is 1. The Morgan fingerprint density at radius 2 is 1.52 bits per heavy atom. The van der Waals surface area contributed by atoms with Crippen LogP contribution in [0.15, 0.2) is 72.3 Å². The molecule has 1 heterocycles. The minimum Gasteiger partial charge on any atom is -0.507 e. The third-order valence-corrected chi connectivity index (χ3v) is 7.40. The number of aliphatic hydroxyl groups is 1. The summed E-state index contributed by atoms with van der Waals surface area (Å²) < 4.78 is 10.9. The number of hydrogen-bond acceptors (Lipinski definition) is 5. The topological polar surface area (TPSA) is 76.1 Å². The Hall–Kier alpha value is -4.06. The van der Waals surface area contributed by atoms with Gasteiger partial charge in [0.15, 0.2) is 0 Å². The highest BCUT2D eigenvalue weighted by molar-refractivity contribution is 6.46. The SMILES string of the molecule is COc1cccc(CN2C(=O)C(=O)/C(=C(\O)c3ccc(OC)c(C(C)(C)C)c3)C2c2ccc(C(C)(C)C)cc2)c1. The van der Waals surface area contributed by atoms with Gasteiger partial charge in [0.2, 0.25) is 0 Å². The minimum atomic E-state index is -0.764. The number of rotatable bonds is 6. The second-order valence-electron chi connectivity index (χ2n) is 12.3. The lowest BCUT2D eigenvalue weighted by atomic mass is 9.84. The predicted octanol–water partition coefficient (Wildman–Crippen LogP) is 6.92. The van der Waals surface area contributed by atoms with Crippen molar-refractivity contribution in [2.45, 2.75) is 65.0 Å². The van der Waals surface area contributed by atoms with Gasteiger partial charge in [-0.15, -0.1) is 0 Å². The Morgan fingerprint density at radius 1 is 0.850 bits per heavy atom. The van der Waals surface area contributed by atoms with Crippen molar-refractivity contribution in [1.82, 2.24) is 4.90 Å². The van der Waals surface area contributed by atoms with E-state index < -0.39 is 17.7 Å². The van der Waals surface area contributed by atoms with Gasteiger partial charge in [0.1, 0.15) is 17.3 Å². The molecule has 1 unspecified atom stereocenters. The minimum absolute atomic E-state index is 0.0621. The highest BCUT2D eigenvalue weighted by atomic mass is 16.5. The number of methoxy groups -OCH3 is 2. The maximum absolute atomic E-state index is 13.6. The number of Topliss-reactive ketones (excluding diaryl/α,β-unsaturated/α-hetero) is 1. The summed E-state index contributed by atoms with van der Waals surface area (Å²) in [6.07, 6.45) is 0. The summed E-state index contributed by atoms with van der Waals surface area (Å²) in [5.74, 6) is -0.216. The van der Waals surface area contributed by atoms with Gasteiger partial charge in [-0.25, -0.2) is 0 Å². The highest BCUT2D eigenvalue weighted by Crippen LogP contribution is 2.42. The summed E-state index contributed by atoms with van der Waals surface area (Å²) in [6.45, 7) is 12.7. The van der Waals surface area contributed by atoms with Crippen LogP contribution in [0, 0.1) is 0 Å². The van der Waals surface area contributed by atoms with Gasteiger partial charge in [0, 0.05) is 17.7 Å². The fourth-order valence-electron chi connectivity index (χ4n) is 5.12. The van der Waals surface area contributed by atoms with Gasteiger partial charge in [-0.1, -0.05) is 77.9 Å². The van der Waals surface area contributed by atoms with Gasteiger partial charge in [0.05, 0.1) is 25.8 Å². The molecule has 4 rings (SSSR count). The smallest absolute Gasteiger partial charge is 0.295 e. The van der Waals surface area contributed by atoms with Crippen LogP contribution in [-0.4, -0.2) is 35.9 Å². The van der Waals surface area contributed by atoms with Crippen LogP contribution in [0.2, 0.25) is 0 Å². The highest BCUT2D eigenvalue weighted by Gasteiger charge is 2.46. The second-order valence-corrected chi connectivity index (χ2v) is 12.3. The molecule has 210 valence electrons. The van der Waals surface area contributed by atoms with Crippen molar-refractivity contribution in [3.63, 3.8) is 0 Å². The molecule has 0 aliphatic carbocycles. The van der Waals surface area contributed by atoms with E-state index in [-0.39, 0.29) is 28.7 Å². The molecule has 0 aromatic heterocycles. The third kappa shape index (κ3) is 5.62. The molecule has 1 saturated heterocycles. The summed E-state index contributed by atoms with van der Waals surface area (Å²) in [5.41, 5.74) is 3.78. The van der Waals surface area contributed by atoms with Crippen LogP contribution in [0.4, 0.5) is 0 Å². The van der Waals surface area contributed by atoms with E-state index in [1.54, 1.807) is 26.4 Å². The monoisotopic (exact) mass is 541 g/mol. The maximum Gasteiger partial charge on any atom is 0.295 e. The molecule has 3 aromatic rings. The van der Waals surface area contributed by atoms with E-state index in [1.165, 1.54) is 4.90 Å². The average Bonchev–Trinajstić information content (AvgIpc) is 3.16. The summed E-state index contributed by atoms with van der Waals surface area (Å²) in [6, 6.07) is 19.9. The molecule has 1 aliphatic rings. The second kappa shape index (κ2) is 10.8. The Balaban J connectivity index is 1.89. The Labute approximate surface area is 237 Å². The third-order valence-electron chi connectivity index (χ3n) is 7.40. The molecular weight excluding hydrogens is 502 g/mol. The number of carbonyl (C=O) groups is 2. The van der Waals surface area contributed by atoms with E-state index in [9.17, 15) is 14.7 Å². The molecular formula is C34H39NO5. The van der Waals surface area contributed by atoms with Crippen LogP contribution < -0.4 is 9.47 Å². The average molecular weight is 542 g/mol. The van der Waals surface area contributed by atoms with Crippen LogP contribution in [0.5, 0.6) is 11.5 Å². The van der Waals surface area contributed by atoms with Gasteiger partial charge in [-0.2, -0.15) is 0 Å². The van der Waals surface area contributed by atoms with Crippen LogP contribution >= 0.6 is 0 Å². The van der Waals surface area contributed by atoms with E-state index in [0.29, 0.717) is 17.1 Å². The number of hydrogen-bond donors (Lipinski definition) is 1. The summed E-state index contributed by atoms with van der Waals surface area (Å²) in [4.78, 5) is 28.7. The van der Waals surface area contributed by atoms with Gasteiger partial charge in [0.25, 0.3) is 11.7 Å². The van der Waals surface area contributed by atoms with Gasteiger partial charge < -0.3 is 19.5 Å².